The molecular formula is C23H27N5O. The first-order valence-corrected chi connectivity index (χ1v) is 10.1. The molecule has 6 heteroatoms. The molecule has 1 saturated heterocycles. The number of piperidine rings is 1. The van der Waals surface area contributed by atoms with Gasteiger partial charge in [-0.15, -0.1) is 0 Å². The van der Waals surface area contributed by atoms with Crippen molar-refractivity contribution in [3.63, 3.8) is 0 Å². The van der Waals surface area contributed by atoms with E-state index in [2.05, 4.69) is 33.7 Å². The summed E-state index contributed by atoms with van der Waals surface area (Å²) in [5.41, 5.74) is 4.44. The van der Waals surface area contributed by atoms with Crippen LogP contribution in [0, 0.1) is 13.8 Å². The Morgan fingerprint density at radius 3 is 2.76 bits per heavy atom. The number of carbonyl (C=O) groups is 1. The lowest BCUT2D eigenvalue weighted by Crippen LogP contribution is -2.42. The molecule has 1 fully saturated rings. The number of aryl methyl sites for hydroxylation is 2. The Kier molecular flexibility index (Phi) is 5.60. The van der Waals surface area contributed by atoms with E-state index >= 15 is 0 Å². The van der Waals surface area contributed by atoms with Crippen LogP contribution in [0.5, 0.6) is 0 Å². The molecule has 1 atom stereocenters. The maximum absolute atomic E-state index is 12.8. The number of anilines is 1. The zero-order valence-electron chi connectivity index (χ0n) is 17.0. The number of amides is 2. The highest BCUT2D eigenvalue weighted by molar-refractivity contribution is 5.89. The lowest BCUT2D eigenvalue weighted by Gasteiger charge is -2.32. The Hall–Kier alpha value is -3.15. The van der Waals surface area contributed by atoms with Gasteiger partial charge < -0.3 is 14.8 Å². The summed E-state index contributed by atoms with van der Waals surface area (Å²) in [4.78, 5) is 23.5. The molecule has 150 valence electrons. The van der Waals surface area contributed by atoms with E-state index in [1.165, 1.54) is 16.7 Å². The minimum Gasteiger partial charge on any atom is -0.330 e. The molecule has 0 aliphatic carbocycles. The van der Waals surface area contributed by atoms with Gasteiger partial charge in [0.1, 0.15) is 5.82 Å². The van der Waals surface area contributed by atoms with Crippen molar-refractivity contribution in [1.29, 1.82) is 0 Å². The van der Waals surface area contributed by atoms with Crippen molar-refractivity contribution in [2.45, 2.75) is 39.2 Å². The molecule has 3 aromatic rings. The number of benzene rings is 1. The molecule has 0 saturated carbocycles. The predicted octanol–water partition coefficient (Wildman–Crippen LogP) is 4.35. The molecule has 0 unspecified atom stereocenters. The highest BCUT2D eigenvalue weighted by Gasteiger charge is 2.27. The Balaban J connectivity index is 1.44. The van der Waals surface area contributed by atoms with Crippen LogP contribution in [0.25, 0.3) is 0 Å². The van der Waals surface area contributed by atoms with Crippen LogP contribution in [0.2, 0.25) is 0 Å². The van der Waals surface area contributed by atoms with E-state index in [1.54, 1.807) is 0 Å². The molecular weight excluding hydrogens is 362 g/mol. The van der Waals surface area contributed by atoms with Gasteiger partial charge >= 0.3 is 6.03 Å². The van der Waals surface area contributed by atoms with Crippen molar-refractivity contribution in [2.24, 2.45) is 0 Å². The molecule has 1 aliphatic heterocycles. The van der Waals surface area contributed by atoms with Gasteiger partial charge in [0.25, 0.3) is 0 Å². The smallest absolute Gasteiger partial charge is 0.321 e. The second kappa shape index (κ2) is 8.47. The number of likely N-dealkylation sites (tertiary alicyclic amines) is 1. The zero-order chi connectivity index (χ0) is 20.2. The van der Waals surface area contributed by atoms with Crippen LogP contribution in [0.15, 0.2) is 55.1 Å². The topological polar surface area (TPSA) is 63.1 Å². The number of hydrogen-bond acceptors (Lipinski definition) is 3. The standard InChI is InChI=1S/C23H27N5O/c1-17-5-6-21(14-18(17)2)26-23(29)28-12-3-4-20(16-28)22-25-11-13-27(22)15-19-7-9-24-10-8-19/h5-11,13-14,20H,3-4,12,15-16H2,1-2H3,(H,26,29)/t20-/m0/s1. The Labute approximate surface area is 171 Å². The van der Waals surface area contributed by atoms with Crippen LogP contribution in [0.4, 0.5) is 10.5 Å². The summed E-state index contributed by atoms with van der Waals surface area (Å²) >= 11 is 0. The second-order valence-electron chi connectivity index (χ2n) is 7.78. The largest absolute Gasteiger partial charge is 0.330 e. The normalized spacial score (nSPS) is 16.6. The number of imidazole rings is 1. The molecule has 0 radical (unpaired) electrons. The van der Waals surface area contributed by atoms with Crippen LogP contribution in [0.1, 0.15) is 41.3 Å². The number of nitrogens with one attached hydrogen (secondary N) is 1. The van der Waals surface area contributed by atoms with Gasteiger partial charge in [0.15, 0.2) is 0 Å². The molecule has 6 nitrogen and oxygen atoms in total. The molecule has 3 heterocycles. The Morgan fingerprint density at radius 2 is 1.97 bits per heavy atom. The third kappa shape index (κ3) is 4.47. The first kappa shape index (κ1) is 19.2. The Morgan fingerprint density at radius 1 is 1.14 bits per heavy atom. The van der Waals surface area contributed by atoms with Gasteiger partial charge in [-0.3, -0.25) is 4.98 Å². The number of nitrogens with zero attached hydrogens (tertiary/aromatic N) is 4. The monoisotopic (exact) mass is 389 g/mol. The summed E-state index contributed by atoms with van der Waals surface area (Å²) in [5, 5.41) is 3.05. The average molecular weight is 390 g/mol. The number of hydrogen-bond donors (Lipinski definition) is 1. The van der Waals surface area contributed by atoms with E-state index in [0.717, 1.165) is 37.4 Å². The highest BCUT2D eigenvalue weighted by Crippen LogP contribution is 2.27. The summed E-state index contributed by atoms with van der Waals surface area (Å²) < 4.78 is 2.19. The van der Waals surface area contributed by atoms with Gasteiger partial charge in [0, 0.05) is 56.0 Å². The van der Waals surface area contributed by atoms with Gasteiger partial charge in [-0.05, 0) is 67.6 Å². The van der Waals surface area contributed by atoms with Crippen LogP contribution in [-0.2, 0) is 6.54 Å². The van der Waals surface area contributed by atoms with E-state index < -0.39 is 0 Å². The molecule has 1 N–H and O–H groups in total. The van der Waals surface area contributed by atoms with Gasteiger partial charge in [0.05, 0.1) is 0 Å². The number of carbonyl (C=O) groups excluding carboxylic acids is 1. The maximum Gasteiger partial charge on any atom is 0.321 e. The van der Waals surface area contributed by atoms with E-state index in [-0.39, 0.29) is 11.9 Å². The zero-order valence-corrected chi connectivity index (χ0v) is 17.0. The van der Waals surface area contributed by atoms with Gasteiger partial charge in [-0.1, -0.05) is 6.07 Å². The van der Waals surface area contributed by atoms with Crippen LogP contribution >= 0.6 is 0 Å². The van der Waals surface area contributed by atoms with Gasteiger partial charge in [-0.25, -0.2) is 9.78 Å². The fourth-order valence-electron chi connectivity index (χ4n) is 3.89. The van der Waals surface area contributed by atoms with E-state index in [9.17, 15) is 4.79 Å². The quantitative estimate of drug-likeness (QED) is 0.721. The van der Waals surface area contributed by atoms with E-state index in [1.807, 2.05) is 60.0 Å². The van der Waals surface area contributed by atoms with Crippen molar-refractivity contribution < 1.29 is 4.79 Å². The van der Waals surface area contributed by atoms with E-state index in [4.69, 9.17) is 0 Å². The molecule has 0 bridgehead atoms. The van der Waals surface area contributed by atoms with Crippen LogP contribution in [-0.4, -0.2) is 38.6 Å². The summed E-state index contributed by atoms with van der Waals surface area (Å²) in [7, 11) is 0. The SMILES string of the molecule is Cc1ccc(NC(=O)N2CCC[C@H](c3nccn3Cc3ccncc3)C2)cc1C. The average Bonchev–Trinajstić information content (AvgIpc) is 3.20. The maximum atomic E-state index is 12.8. The number of urea groups is 1. The minimum absolute atomic E-state index is 0.0369. The molecule has 1 aliphatic rings. The minimum atomic E-state index is -0.0369. The predicted molar refractivity (Wildman–Crippen MR) is 114 cm³/mol. The van der Waals surface area contributed by atoms with Crippen molar-refractivity contribution in [3.05, 3.63) is 77.6 Å². The van der Waals surface area contributed by atoms with Gasteiger partial charge in [0.2, 0.25) is 0 Å². The van der Waals surface area contributed by atoms with Crippen molar-refractivity contribution >= 4 is 11.7 Å². The fraction of sp³-hybridized carbons (Fsp3) is 0.348. The molecule has 29 heavy (non-hydrogen) atoms. The summed E-state index contributed by atoms with van der Waals surface area (Å²) in [6, 6.07) is 10.0. The fourth-order valence-corrected chi connectivity index (χ4v) is 3.89. The Bertz CT molecular complexity index is 982. The van der Waals surface area contributed by atoms with Crippen LogP contribution in [0.3, 0.4) is 0 Å². The number of aromatic nitrogens is 3. The summed E-state index contributed by atoms with van der Waals surface area (Å²) in [5.74, 6) is 1.29. The van der Waals surface area contributed by atoms with Crippen molar-refractivity contribution in [1.82, 2.24) is 19.4 Å². The molecule has 0 spiro atoms. The number of pyridine rings is 1. The molecule has 2 amide bonds. The highest BCUT2D eigenvalue weighted by atomic mass is 16.2. The summed E-state index contributed by atoms with van der Waals surface area (Å²) in [6.07, 6.45) is 9.51. The van der Waals surface area contributed by atoms with Crippen molar-refractivity contribution in [2.75, 3.05) is 18.4 Å². The van der Waals surface area contributed by atoms with E-state index in [0.29, 0.717) is 6.54 Å². The lowest BCUT2D eigenvalue weighted by molar-refractivity contribution is 0.190. The first-order valence-electron chi connectivity index (χ1n) is 10.1. The van der Waals surface area contributed by atoms with Crippen molar-refractivity contribution in [3.8, 4) is 0 Å². The molecule has 4 rings (SSSR count). The summed E-state index contributed by atoms with van der Waals surface area (Å²) in [6.45, 7) is 6.36. The van der Waals surface area contributed by atoms with Gasteiger partial charge in [-0.2, -0.15) is 0 Å². The number of rotatable bonds is 4. The van der Waals surface area contributed by atoms with Crippen LogP contribution < -0.4 is 5.32 Å². The molecule has 2 aromatic heterocycles. The third-order valence-electron chi connectivity index (χ3n) is 5.68. The molecule has 1 aromatic carbocycles. The lowest BCUT2D eigenvalue weighted by atomic mass is 9.97. The third-order valence-corrected chi connectivity index (χ3v) is 5.68. The first-order chi connectivity index (χ1) is 14.1. The second-order valence-corrected chi connectivity index (χ2v) is 7.78.